The van der Waals surface area contributed by atoms with Gasteiger partial charge in [-0.15, -0.1) is 23.1 Å². The van der Waals surface area contributed by atoms with E-state index < -0.39 is 0 Å². The number of thioether (sulfide) groups is 1. The van der Waals surface area contributed by atoms with E-state index in [-0.39, 0.29) is 17.7 Å². The molecular formula is C26H24N2O3S2. The Kier molecular flexibility index (Phi) is 6.51. The van der Waals surface area contributed by atoms with E-state index >= 15 is 0 Å². The molecule has 0 bridgehead atoms. The maximum atomic E-state index is 13.1. The fourth-order valence-corrected chi connectivity index (χ4v) is 5.66. The van der Waals surface area contributed by atoms with Gasteiger partial charge < -0.3 is 15.1 Å². The number of amides is 2. The van der Waals surface area contributed by atoms with Gasteiger partial charge >= 0.3 is 0 Å². The van der Waals surface area contributed by atoms with Crippen LogP contribution in [-0.4, -0.2) is 11.8 Å². The molecule has 2 aromatic carbocycles. The number of benzene rings is 2. The lowest BCUT2D eigenvalue weighted by atomic mass is 9.85. The van der Waals surface area contributed by atoms with Gasteiger partial charge in [0.1, 0.15) is 5.58 Å². The first-order valence-electron chi connectivity index (χ1n) is 11.0. The number of rotatable bonds is 8. The summed E-state index contributed by atoms with van der Waals surface area (Å²) in [4.78, 5) is 25.3. The standard InChI is InChI=1S/C26H24N2O3S2/c29-25(18-7-4-8-18)28-19-9-3-6-17(14-19)15-27-26(30)24-21(16-33-23-12-5-13-32-23)20-10-1-2-11-22(20)31-24/h1-3,5-6,9-14,18H,4,7-8,15-16H2,(H,27,30)(H,28,29). The Labute approximate surface area is 200 Å². The van der Waals surface area contributed by atoms with Crippen molar-refractivity contribution in [3.05, 3.63) is 82.9 Å². The third-order valence-corrected chi connectivity index (χ3v) is 8.04. The molecule has 2 aromatic heterocycles. The highest BCUT2D eigenvalue weighted by atomic mass is 32.2. The SMILES string of the molecule is O=C(NCc1cccc(NC(=O)C2CCC2)c1)c1oc2ccccc2c1CSc1cccs1. The van der Waals surface area contributed by atoms with Gasteiger partial charge in [-0.1, -0.05) is 42.8 Å². The van der Waals surface area contributed by atoms with Crippen LogP contribution < -0.4 is 10.6 Å². The summed E-state index contributed by atoms with van der Waals surface area (Å²) >= 11 is 3.39. The Morgan fingerprint density at radius 2 is 1.94 bits per heavy atom. The average molecular weight is 477 g/mol. The fourth-order valence-electron chi connectivity index (χ4n) is 3.85. The van der Waals surface area contributed by atoms with Crippen molar-refractivity contribution in [3.8, 4) is 0 Å². The normalized spacial score (nSPS) is 13.6. The number of hydrogen-bond donors (Lipinski definition) is 2. The second-order valence-electron chi connectivity index (χ2n) is 8.13. The first-order valence-corrected chi connectivity index (χ1v) is 12.9. The van der Waals surface area contributed by atoms with Crippen molar-refractivity contribution < 1.29 is 14.0 Å². The maximum Gasteiger partial charge on any atom is 0.287 e. The van der Waals surface area contributed by atoms with Crippen molar-refractivity contribution in [3.63, 3.8) is 0 Å². The lowest BCUT2D eigenvalue weighted by Crippen LogP contribution is -2.28. The molecule has 1 aliphatic carbocycles. The topological polar surface area (TPSA) is 71.3 Å². The number of para-hydroxylation sites is 1. The van der Waals surface area contributed by atoms with E-state index in [0.717, 1.165) is 41.5 Å². The van der Waals surface area contributed by atoms with Crippen LogP contribution in [0.25, 0.3) is 11.0 Å². The summed E-state index contributed by atoms with van der Waals surface area (Å²) in [5.74, 6) is 0.985. The third kappa shape index (κ3) is 4.99. The Hall–Kier alpha value is -3.03. The minimum atomic E-state index is -0.239. The Bertz CT molecular complexity index is 1280. The fraction of sp³-hybridized carbons (Fsp3) is 0.231. The predicted octanol–water partition coefficient (Wildman–Crippen LogP) is 6.46. The van der Waals surface area contributed by atoms with Gasteiger partial charge in [0.2, 0.25) is 5.91 Å². The zero-order valence-electron chi connectivity index (χ0n) is 18.0. The molecule has 7 heteroatoms. The molecule has 0 unspecified atom stereocenters. The summed E-state index contributed by atoms with van der Waals surface area (Å²) < 4.78 is 7.16. The number of anilines is 1. The lowest BCUT2D eigenvalue weighted by molar-refractivity contribution is -0.122. The van der Waals surface area contributed by atoms with Gasteiger partial charge in [0.15, 0.2) is 5.76 Å². The van der Waals surface area contributed by atoms with Gasteiger partial charge in [0.25, 0.3) is 5.91 Å². The Balaban J connectivity index is 1.28. The number of carbonyl (C=O) groups excluding carboxylic acids is 2. The molecule has 168 valence electrons. The van der Waals surface area contributed by atoms with Crippen LogP contribution in [0, 0.1) is 5.92 Å². The van der Waals surface area contributed by atoms with Gasteiger partial charge in [-0.25, -0.2) is 0 Å². The van der Waals surface area contributed by atoms with Crippen molar-refractivity contribution >= 4 is 51.6 Å². The van der Waals surface area contributed by atoms with Crippen LogP contribution >= 0.6 is 23.1 Å². The van der Waals surface area contributed by atoms with Crippen molar-refractivity contribution in [1.82, 2.24) is 5.32 Å². The predicted molar refractivity (Wildman–Crippen MR) is 134 cm³/mol. The molecular weight excluding hydrogens is 452 g/mol. The van der Waals surface area contributed by atoms with Crippen LogP contribution in [-0.2, 0) is 17.1 Å². The molecule has 0 radical (unpaired) electrons. The Morgan fingerprint density at radius 1 is 1.06 bits per heavy atom. The zero-order valence-corrected chi connectivity index (χ0v) is 19.6. The second-order valence-corrected chi connectivity index (χ2v) is 10.4. The quantitative estimate of drug-likeness (QED) is 0.287. The van der Waals surface area contributed by atoms with Gasteiger partial charge in [-0.05, 0) is 48.1 Å². The molecule has 1 saturated carbocycles. The highest BCUT2D eigenvalue weighted by Gasteiger charge is 2.25. The van der Waals surface area contributed by atoms with E-state index in [9.17, 15) is 9.59 Å². The minimum absolute atomic E-state index is 0.0811. The van der Waals surface area contributed by atoms with E-state index in [2.05, 4.69) is 16.7 Å². The van der Waals surface area contributed by atoms with Gasteiger partial charge in [-0.2, -0.15) is 0 Å². The van der Waals surface area contributed by atoms with Crippen molar-refractivity contribution in [1.29, 1.82) is 0 Å². The number of hydrogen-bond acceptors (Lipinski definition) is 5. The summed E-state index contributed by atoms with van der Waals surface area (Å²) in [5.41, 5.74) is 3.30. The Morgan fingerprint density at radius 3 is 2.73 bits per heavy atom. The van der Waals surface area contributed by atoms with Crippen LogP contribution in [0.5, 0.6) is 0 Å². The summed E-state index contributed by atoms with van der Waals surface area (Å²) in [5, 5.41) is 8.98. The number of fused-ring (bicyclic) bond motifs is 1. The molecule has 0 atom stereocenters. The van der Waals surface area contributed by atoms with Gasteiger partial charge in [0, 0.05) is 34.9 Å². The van der Waals surface area contributed by atoms with Crippen molar-refractivity contribution in [2.75, 3.05) is 5.32 Å². The largest absolute Gasteiger partial charge is 0.451 e. The maximum absolute atomic E-state index is 13.1. The van der Waals surface area contributed by atoms with Crippen LogP contribution in [0.1, 0.15) is 40.9 Å². The number of furan rings is 1. The monoisotopic (exact) mass is 476 g/mol. The van der Waals surface area contributed by atoms with E-state index in [1.165, 1.54) is 4.21 Å². The molecule has 5 nitrogen and oxygen atoms in total. The molecule has 2 amide bonds. The van der Waals surface area contributed by atoms with Crippen LogP contribution in [0.2, 0.25) is 0 Å². The van der Waals surface area contributed by atoms with Gasteiger partial charge in [0.05, 0.1) is 4.21 Å². The molecule has 33 heavy (non-hydrogen) atoms. The number of thiophene rings is 1. The lowest BCUT2D eigenvalue weighted by Gasteiger charge is -2.24. The van der Waals surface area contributed by atoms with E-state index in [1.807, 2.05) is 60.0 Å². The molecule has 0 aliphatic heterocycles. The molecule has 0 saturated heterocycles. The van der Waals surface area contributed by atoms with E-state index in [0.29, 0.717) is 23.6 Å². The van der Waals surface area contributed by atoms with Crippen molar-refractivity contribution in [2.45, 2.75) is 35.8 Å². The molecule has 1 fully saturated rings. The summed E-state index contributed by atoms with van der Waals surface area (Å²) in [7, 11) is 0. The minimum Gasteiger partial charge on any atom is -0.451 e. The third-order valence-electron chi connectivity index (χ3n) is 5.88. The molecule has 2 heterocycles. The summed E-state index contributed by atoms with van der Waals surface area (Å²) in [6.45, 7) is 0.348. The molecule has 0 spiro atoms. The molecule has 1 aliphatic rings. The summed E-state index contributed by atoms with van der Waals surface area (Å²) in [6.07, 6.45) is 3.05. The van der Waals surface area contributed by atoms with Crippen LogP contribution in [0.15, 0.2) is 74.7 Å². The van der Waals surface area contributed by atoms with Crippen molar-refractivity contribution in [2.24, 2.45) is 5.92 Å². The van der Waals surface area contributed by atoms with E-state index in [1.54, 1.807) is 23.1 Å². The summed E-state index contributed by atoms with van der Waals surface area (Å²) in [6, 6.07) is 19.5. The second kappa shape index (κ2) is 9.85. The average Bonchev–Trinajstić information content (AvgIpc) is 3.43. The van der Waals surface area contributed by atoms with Crippen LogP contribution in [0.4, 0.5) is 5.69 Å². The highest BCUT2D eigenvalue weighted by Crippen LogP contribution is 2.34. The number of carbonyl (C=O) groups is 2. The van der Waals surface area contributed by atoms with E-state index in [4.69, 9.17) is 4.42 Å². The van der Waals surface area contributed by atoms with Crippen LogP contribution in [0.3, 0.4) is 0 Å². The zero-order chi connectivity index (χ0) is 22.6. The number of nitrogens with one attached hydrogen (secondary N) is 2. The first kappa shape index (κ1) is 21.8. The van der Waals surface area contributed by atoms with Gasteiger partial charge in [-0.3, -0.25) is 9.59 Å². The highest BCUT2D eigenvalue weighted by molar-refractivity contribution is 8.00. The molecule has 2 N–H and O–H groups in total. The molecule has 4 aromatic rings. The smallest absolute Gasteiger partial charge is 0.287 e. The first-order chi connectivity index (χ1) is 16.2. The molecule has 5 rings (SSSR count).